The number of Topliss-reactive ketones (excluding diaryl/α,β-unsaturated/α-hetero) is 1. The average molecular weight is 405 g/mol. The molecule has 0 radical (unpaired) electrons. The summed E-state index contributed by atoms with van der Waals surface area (Å²) < 4.78 is 17.1. The van der Waals surface area contributed by atoms with E-state index in [9.17, 15) is 9.59 Å². The molecule has 1 atom stereocenters. The van der Waals surface area contributed by atoms with Crippen molar-refractivity contribution in [3.05, 3.63) is 71.0 Å². The zero-order valence-electron chi connectivity index (χ0n) is 17.2. The van der Waals surface area contributed by atoms with E-state index < -0.39 is 6.09 Å². The molecule has 154 valence electrons. The van der Waals surface area contributed by atoms with Gasteiger partial charge in [0.2, 0.25) is 5.78 Å². The molecule has 0 fully saturated rings. The van der Waals surface area contributed by atoms with Gasteiger partial charge in [0.05, 0.1) is 5.56 Å². The highest BCUT2D eigenvalue weighted by Crippen LogP contribution is 2.36. The van der Waals surface area contributed by atoms with E-state index in [4.69, 9.17) is 14.2 Å². The van der Waals surface area contributed by atoms with Gasteiger partial charge in [-0.05, 0) is 56.7 Å². The van der Waals surface area contributed by atoms with Crippen LogP contribution < -0.4 is 14.2 Å². The van der Waals surface area contributed by atoms with Crippen LogP contribution >= 0.6 is 0 Å². The van der Waals surface area contributed by atoms with Crippen LogP contribution in [0.3, 0.4) is 0 Å². The minimum absolute atomic E-state index is 0.210. The van der Waals surface area contributed by atoms with Gasteiger partial charge >= 0.3 is 6.09 Å². The van der Waals surface area contributed by atoms with Gasteiger partial charge < -0.3 is 19.1 Å². The minimum atomic E-state index is -0.433. The number of amides is 1. The molecule has 0 spiro atoms. The second-order valence-electron chi connectivity index (χ2n) is 7.08. The lowest BCUT2D eigenvalue weighted by Crippen LogP contribution is -2.33. The average Bonchev–Trinajstić information content (AvgIpc) is 3.04. The third kappa shape index (κ3) is 3.68. The Kier molecular flexibility index (Phi) is 5.31. The van der Waals surface area contributed by atoms with E-state index >= 15 is 0 Å². The number of rotatable bonds is 4. The fourth-order valence-corrected chi connectivity index (χ4v) is 3.45. The molecule has 6 heteroatoms. The summed E-state index contributed by atoms with van der Waals surface area (Å²) in [4.78, 5) is 26.5. The lowest BCUT2D eigenvalue weighted by molar-refractivity contribution is 0.101. The Morgan fingerprint density at radius 3 is 2.67 bits per heavy atom. The molecule has 0 unspecified atom stereocenters. The van der Waals surface area contributed by atoms with Crippen molar-refractivity contribution in [2.24, 2.45) is 0 Å². The van der Waals surface area contributed by atoms with Gasteiger partial charge in [-0.2, -0.15) is 0 Å². The molecule has 0 bridgehead atoms. The van der Waals surface area contributed by atoms with Crippen LogP contribution in [-0.2, 0) is 0 Å². The summed E-state index contributed by atoms with van der Waals surface area (Å²) in [7, 11) is 0. The molecule has 2 aliphatic heterocycles. The van der Waals surface area contributed by atoms with Crippen LogP contribution in [0.15, 0.2) is 59.9 Å². The third-order valence-corrected chi connectivity index (χ3v) is 5.18. The first kappa shape index (κ1) is 19.8. The first-order valence-corrected chi connectivity index (χ1v) is 10.0. The summed E-state index contributed by atoms with van der Waals surface area (Å²) in [6.07, 6.45) is 3.06. The maximum Gasteiger partial charge on any atom is 0.415 e. The Balaban J connectivity index is 1.57. The van der Waals surface area contributed by atoms with E-state index in [-0.39, 0.29) is 17.6 Å². The normalized spacial score (nSPS) is 18.1. The Bertz CT molecular complexity index is 1070. The molecule has 6 nitrogen and oxygen atoms in total. The van der Waals surface area contributed by atoms with Crippen molar-refractivity contribution >= 4 is 18.0 Å². The second kappa shape index (κ2) is 8.06. The van der Waals surface area contributed by atoms with Gasteiger partial charge in [-0.3, -0.25) is 4.79 Å². The molecule has 2 aromatic rings. The van der Waals surface area contributed by atoms with E-state index in [0.717, 1.165) is 16.9 Å². The molecule has 0 aromatic heterocycles. The second-order valence-corrected chi connectivity index (χ2v) is 7.08. The van der Waals surface area contributed by atoms with Gasteiger partial charge in [0.15, 0.2) is 5.76 Å². The summed E-state index contributed by atoms with van der Waals surface area (Å²) in [5.41, 5.74) is 2.24. The topological polar surface area (TPSA) is 65.1 Å². The summed E-state index contributed by atoms with van der Waals surface area (Å²) in [5.74, 6) is 1.54. The smallest absolute Gasteiger partial charge is 0.415 e. The molecule has 2 heterocycles. The van der Waals surface area contributed by atoms with Gasteiger partial charge in [-0.1, -0.05) is 18.2 Å². The number of carbonyl (C=O) groups excluding carboxylic acids is 2. The highest BCUT2D eigenvalue weighted by molar-refractivity contribution is 6.12. The first-order valence-electron chi connectivity index (χ1n) is 10.0. The Morgan fingerprint density at radius 1 is 1.13 bits per heavy atom. The van der Waals surface area contributed by atoms with Crippen LogP contribution in [0.25, 0.3) is 6.08 Å². The molecule has 30 heavy (non-hydrogen) atoms. The first-order chi connectivity index (χ1) is 14.5. The Labute approximate surface area is 175 Å². The van der Waals surface area contributed by atoms with Crippen LogP contribution in [0.4, 0.5) is 4.79 Å². The van der Waals surface area contributed by atoms with Crippen molar-refractivity contribution in [3.63, 3.8) is 0 Å². The number of fused-ring (bicyclic) bond motifs is 2. The van der Waals surface area contributed by atoms with Gasteiger partial charge in [-0.15, -0.1) is 0 Å². The quantitative estimate of drug-likeness (QED) is 0.681. The number of benzene rings is 2. The molecule has 0 aliphatic carbocycles. The Hall–Kier alpha value is -3.54. The highest BCUT2D eigenvalue weighted by Gasteiger charge is 2.29. The van der Waals surface area contributed by atoms with Crippen molar-refractivity contribution in [3.8, 4) is 17.2 Å². The summed E-state index contributed by atoms with van der Waals surface area (Å²) >= 11 is 0. The van der Waals surface area contributed by atoms with Crippen LogP contribution in [-0.4, -0.2) is 36.0 Å². The lowest BCUT2D eigenvalue weighted by Gasteiger charge is -2.22. The molecule has 0 N–H and O–H groups in total. The fraction of sp³-hybridized carbons (Fsp3) is 0.250. The number of hydrogen-bond acceptors (Lipinski definition) is 5. The highest BCUT2D eigenvalue weighted by atomic mass is 16.6. The number of ether oxygens (including phenoxy) is 3. The lowest BCUT2D eigenvalue weighted by atomic mass is 10.0. The molecule has 1 amide bonds. The zero-order valence-corrected chi connectivity index (χ0v) is 17.2. The van der Waals surface area contributed by atoms with E-state index in [1.54, 1.807) is 29.2 Å². The number of allylic oxidation sites excluding steroid dienone is 1. The van der Waals surface area contributed by atoms with Gasteiger partial charge in [-0.25, -0.2) is 4.79 Å². The van der Waals surface area contributed by atoms with Gasteiger partial charge in [0.25, 0.3) is 0 Å². The van der Waals surface area contributed by atoms with E-state index in [1.807, 2.05) is 51.1 Å². The molecule has 4 rings (SSSR count). The van der Waals surface area contributed by atoms with Gasteiger partial charge in [0.1, 0.15) is 23.4 Å². The van der Waals surface area contributed by atoms with Gasteiger partial charge in [0, 0.05) is 24.7 Å². The molecule has 0 saturated carbocycles. The predicted molar refractivity (Wildman–Crippen MR) is 113 cm³/mol. The third-order valence-electron chi connectivity index (χ3n) is 5.18. The van der Waals surface area contributed by atoms with Crippen LogP contribution in [0.2, 0.25) is 0 Å². The molecule has 2 aliphatic rings. The summed E-state index contributed by atoms with van der Waals surface area (Å²) in [6.45, 7) is 6.81. The molecular formula is C24H23NO5. The molecular weight excluding hydrogens is 382 g/mol. The number of para-hydroxylation sites is 1. The van der Waals surface area contributed by atoms with Crippen LogP contribution in [0.1, 0.15) is 36.7 Å². The van der Waals surface area contributed by atoms with E-state index in [0.29, 0.717) is 30.2 Å². The van der Waals surface area contributed by atoms with E-state index in [1.165, 1.54) is 0 Å². The van der Waals surface area contributed by atoms with Crippen LogP contribution in [0.5, 0.6) is 17.2 Å². The zero-order chi connectivity index (χ0) is 21.3. The van der Waals surface area contributed by atoms with E-state index in [2.05, 4.69) is 0 Å². The minimum Gasteiger partial charge on any atom is -0.485 e. The monoisotopic (exact) mass is 405 g/mol. The summed E-state index contributed by atoms with van der Waals surface area (Å²) in [6, 6.07) is 12.5. The molecule has 2 aromatic carbocycles. The molecule has 0 saturated heterocycles. The van der Waals surface area contributed by atoms with Crippen LogP contribution in [0, 0.1) is 0 Å². The largest absolute Gasteiger partial charge is 0.485 e. The number of carbonyl (C=O) groups is 2. The van der Waals surface area contributed by atoms with Crippen molar-refractivity contribution in [1.29, 1.82) is 0 Å². The maximum absolute atomic E-state index is 12.8. The van der Waals surface area contributed by atoms with Crippen molar-refractivity contribution in [2.75, 3.05) is 13.1 Å². The number of nitrogens with zero attached hydrogens (tertiary/aromatic N) is 1. The fourth-order valence-electron chi connectivity index (χ4n) is 3.45. The summed E-state index contributed by atoms with van der Waals surface area (Å²) in [5, 5.41) is 0. The number of ketones is 1. The van der Waals surface area contributed by atoms with Crippen molar-refractivity contribution < 1.29 is 23.8 Å². The standard InChI is InChI=1S/C24H23NO5/c1-4-25(5-2)24(27)29-18-10-11-19-21(14-18)30-22(23(19)26)13-17-12-16-8-6-7-9-20(16)28-15(17)3/h6-15H,4-5H2,1-3H3/b22-13-/t15-/m0/s1. The van der Waals surface area contributed by atoms with Crippen molar-refractivity contribution in [2.45, 2.75) is 26.9 Å². The SMILES string of the molecule is CCN(CC)C(=O)Oc1ccc2c(c1)O/C(=C\C1=Cc3ccccc3O[C@H]1C)C2=O. The number of hydrogen-bond donors (Lipinski definition) is 0. The Morgan fingerprint density at radius 2 is 1.90 bits per heavy atom. The maximum atomic E-state index is 12.8. The predicted octanol–water partition coefficient (Wildman–Crippen LogP) is 4.85. The van der Waals surface area contributed by atoms with Crippen molar-refractivity contribution in [1.82, 2.24) is 4.90 Å².